The van der Waals surface area contributed by atoms with Gasteiger partial charge in [-0.15, -0.1) is 5.06 Å². The normalized spacial score (nSPS) is 14.1. The predicted molar refractivity (Wildman–Crippen MR) is 45.9 cm³/mol. The van der Waals surface area contributed by atoms with Crippen LogP contribution in [0, 0.1) is 0 Å². The summed E-state index contributed by atoms with van der Waals surface area (Å²) in [6.45, 7) is 0. The van der Waals surface area contributed by atoms with Gasteiger partial charge in [0.1, 0.15) is 0 Å². The first kappa shape index (κ1) is 10.0. The second-order valence-electron chi connectivity index (χ2n) is 2.47. The Hall–Kier alpha value is -1.08. The number of fused-ring (bicyclic) bond motifs is 1. The molecule has 0 unspecified atom stereocenters. The summed E-state index contributed by atoms with van der Waals surface area (Å²) in [6, 6.07) is 6.30. The molecule has 1 aromatic carbocycles. The van der Waals surface area contributed by atoms with Crippen LogP contribution in [0.15, 0.2) is 24.3 Å². The molecule has 1 aliphatic rings. The molecule has 62 valence electrons. The third-order valence-corrected chi connectivity index (χ3v) is 1.77. The van der Waals surface area contributed by atoms with Crippen LogP contribution in [-0.2, 0) is 0 Å². The van der Waals surface area contributed by atoms with Crippen LogP contribution in [0.25, 0.3) is 0 Å². The zero-order valence-corrected chi connectivity index (χ0v) is 6.02. The van der Waals surface area contributed by atoms with Crippen LogP contribution in [0.3, 0.4) is 0 Å². The Balaban J connectivity index is 0.000000845. The van der Waals surface area contributed by atoms with E-state index in [9.17, 15) is 9.59 Å². The van der Waals surface area contributed by atoms with E-state index in [-0.39, 0.29) is 35.1 Å². The summed E-state index contributed by atoms with van der Waals surface area (Å²) in [4.78, 5) is 22.1. The van der Waals surface area contributed by atoms with Crippen molar-refractivity contribution in [1.82, 2.24) is 5.06 Å². The number of hydrogen-bond acceptors (Lipinski definition) is 3. The second-order valence-corrected chi connectivity index (χ2v) is 2.47. The number of carbonyl (C=O) groups excluding carboxylic acids is 2. The number of rotatable bonds is 0. The maximum atomic E-state index is 11.1. The summed E-state index contributed by atoms with van der Waals surface area (Å²) < 4.78 is 0. The number of nitrogens with zero attached hydrogens (tertiary/aromatic N) is 1. The Morgan fingerprint density at radius 3 is 1.77 bits per heavy atom. The molecule has 0 saturated heterocycles. The molecule has 4 nitrogen and oxygen atoms in total. The second kappa shape index (κ2) is 3.34. The van der Waals surface area contributed by atoms with Gasteiger partial charge in [0.05, 0.1) is 11.1 Å². The van der Waals surface area contributed by atoms with Crippen LogP contribution in [0.2, 0.25) is 0 Å². The molecular formula is C8H6LiNO3. The standard InChI is InChI=1S/C8H5NO3.Li.H/c10-7-5-3-1-2-4-6(5)8(11)9(7)12;;/h1-4,12H;;. The van der Waals surface area contributed by atoms with E-state index in [2.05, 4.69) is 0 Å². The molecule has 2 rings (SSSR count). The van der Waals surface area contributed by atoms with E-state index >= 15 is 0 Å². The third-order valence-electron chi connectivity index (χ3n) is 1.77. The zero-order chi connectivity index (χ0) is 8.72. The molecule has 13 heavy (non-hydrogen) atoms. The van der Waals surface area contributed by atoms with Crippen molar-refractivity contribution >= 4 is 30.7 Å². The Kier molecular flexibility index (Phi) is 2.57. The molecule has 0 spiro atoms. The number of hydroxylamine groups is 2. The number of hydrogen-bond donors (Lipinski definition) is 1. The van der Waals surface area contributed by atoms with Gasteiger partial charge in [-0.3, -0.25) is 14.8 Å². The van der Waals surface area contributed by atoms with Gasteiger partial charge in [0.15, 0.2) is 0 Å². The Morgan fingerprint density at radius 1 is 1.00 bits per heavy atom. The maximum absolute atomic E-state index is 11.1. The van der Waals surface area contributed by atoms with E-state index in [0.29, 0.717) is 0 Å². The van der Waals surface area contributed by atoms with E-state index < -0.39 is 11.8 Å². The molecule has 0 fully saturated rings. The van der Waals surface area contributed by atoms with Crippen LogP contribution in [-0.4, -0.2) is 40.9 Å². The van der Waals surface area contributed by atoms with Crippen LogP contribution in [0.1, 0.15) is 20.7 Å². The average molecular weight is 171 g/mol. The molecule has 0 saturated carbocycles. The molecule has 1 aliphatic heterocycles. The summed E-state index contributed by atoms with van der Waals surface area (Å²) in [5, 5.41) is 9.05. The van der Waals surface area contributed by atoms with Crippen molar-refractivity contribution in [3.05, 3.63) is 35.4 Å². The number of benzene rings is 1. The van der Waals surface area contributed by atoms with Gasteiger partial charge < -0.3 is 0 Å². The summed E-state index contributed by atoms with van der Waals surface area (Å²) in [6.07, 6.45) is 0. The van der Waals surface area contributed by atoms with Crippen molar-refractivity contribution in [3.63, 3.8) is 0 Å². The average Bonchev–Trinajstić information content (AvgIpc) is 2.33. The number of amides is 2. The Labute approximate surface area is 86.3 Å². The quantitative estimate of drug-likeness (QED) is 0.340. The molecule has 1 N–H and O–H groups in total. The van der Waals surface area contributed by atoms with Crippen molar-refractivity contribution in [2.45, 2.75) is 0 Å². The molecule has 0 radical (unpaired) electrons. The topological polar surface area (TPSA) is 57.6 Å². The molecule has 1 aromatic rings. The molecule has 0 atom stereocenters. The summed E-state index contributed by atoms with van der Waals surface area (Å²) in [5.41, 5.74) is 0.509. The van der Waals surface area contributed by atoms with Gasteiger partial charge in [-0.1, -0.05) is 12.1 Å². The van der Waals surface area contributed by atoms with Gasteiger partial charge in [-0.05, 0) is 12.1 Å². The van der Waals surface area contributed by atoms with Gasteiger partial charge in [0.2, 0.25) is 0 Å². The van der Waals surface area contributed by atoms with Crippen LogP contribution in [0.5, 0.6) is 0 Å². The summed E-state index contributed by atoms with van der Waals surface area (Å²) in [5.74, 6) is -1.31. The first-order valence-electron chi connectivity index (χ1n) is 3.38. The molecular weight excluding hydrogens is 165 g/mol. The Morgan fingerprint density at radius 2 is 1.38 bits per heavy atom. The minimum absolute atomic E-state index is 0. The zero-order valence-electron chi connectivity index (χ0n) is 6.02. The van der Waals surface area contributed by atoms with Crippen molar-refractivity contribution in [3.8, 4) is 0 Å². The molecule has 2 amide bonds. The monoisotopic (exact) mass is 171 g/mol. The van der Waals surface area contributed by atoms with Crippen molar-refractivity contribution in [2.75, 3.05) is 0 Å². The fraction of sp³-hybridized carbons (Fsp3) is 0. The van der Waals surface area contributed by atoms with E-state index in [1.54, 1.807) is 12.1 Å². The molecule has 5 heteroatoms. The number of imide groups is 1. The predicted octanol–water partition coefficient (Wildman–Crippen LogP) is 0.0233. The Bertz CT molecular complexity index is 342. The van der Waals surface area contributed by atoms with Gasteiger partial charge in [0.25, 0.3) is 11.8 Å². The summed E-state index contributed by atoms with van der Waals surface area (Å²) >= 11 is 0. The third kappa shape index (κ3) is 1.29. The molecule has 0 bridgehead atoms. The van der Waals surface area contributed by atoms with E-state index in [0.717, 1.165) is 0 Å². The van der Waals surface area contributed by atoms with Gasteiger partial charge in [-0.25, -0.2) is 0 Å². The number of carbonyl (C=O) groups is 2. The first-order chi connectivity index (χ1) is 5.72. The first-order valence-corrected chi connectivity index (χ1v) is 3.38. The fourth-order valence-corrected chi connectivity index (χ4v) is 1.18. The molecule has 0 aromatic heterocycles. The van der Waals surface area contributed by atoms with Crippen LogP contribution >= 0.6 is 0 Å². The minimum atomic E-state index is -0.657. The van der Waals surface area contributed by atoms with E-state index in [1.165, 1.54) is 12.1 Å². The van der Waals surface area contributed by atoms with Gasteiger partial charge >= 0.3 is 18.9 Å². The molecule has 0 aliphatic carbocycles. The van der Waals surface area contributed by atoms with Crippen LogP contribution < -0.4 is 0 Å². The van der Waals surface area contributed by atoms with Gasteiger partial charge in [0, 0.05) is 0 Å². The van der Waals surface area contributed by atoms with E-state index in [4.69, 9.17) is 5.21 Å². The SMILES string of the molecule is O=C1c2ccccc2C(=O)N1O.[LiH]. The van der Waals surface area contributed by atoms with E-state index in [1.807, 2.05) is 0 Å². The van der Waals surface area contributed by atoms with Gasteiger partial charge in [-0.2, -0.15) is 0 Å². The van der Waals surface area contributed by atoms with Crippen molar-refractivity contribution in [1.29, 1.82) is 0 Å². The fourth-order valence-electron chi connectivity index (χ4n) is 1.18. The molecule has 1 heterocycles. The summed E-state index contributed by atoms with van der Waals surface area (Å²) in [7, 11) is 0. The van der Waals surface area contributed by atoms with Crippen LogP contribution in [0.4, 0.5) is 0 Å². The van der Waals surface area contributed by atoms with Crippen molar-refractivity contribution in [2.24, 2.45) is 0 Å². The van der Waals surface area contributed by atoms with Crippen molar-refractivity contribution < 1.29 is 14.8 Å².